The van der Waals surface area contributed by atoms with Crippen LogP contribution in [-0.4, -0.2) is 42.9 Å². The molecule has 1 unspecified atom stereocenters. The first kappa shape index (κ1) is 16.7. The van der Waals surface area contributed by atoms with Crippen LogP contribution in [0.25, 0.3) is 0 Å². The van der Waals surface area contributed by atoms with Crippen LogP contribution in [0.1, 0.15) is 27.7 Å². The Kier molecular flexibility index (Phi) is 7.35. The van der Waals surface area contributed by atoms with Crippen molar-refractivity contribution in [1.82, 2.24) is 10.6 Å². The second kappa shape index (κ2) is 7.92. The maximum atomic E-state index is 11.7. The van der Waals surface area contributed by atoms with Crippen molar-refractivity contribution in [1.29, 1.82) is 0 Å². The third-order valence-electron chi connectivity index (χ3n) is 2.69. The molecule has 6 heteroatoms. The van der Waals surface area contributed by atoms with Gasteiger partial charge in [0.25, 0.3) is 0 Å². The standard InChI is InChI=1S/C12H24N2O4/c1-7(2)9(6-18-5)13-12(17)14-10(8(3)4)11(15)16/h7-10H,6H2,1-5H3,(H,15,16)(H2,13,14,17)/t9?,10-/m0/s1. The number of ether oxygens (including phenoxy) is 1. The molecular formula is C12H24N2O4. The molecule has 2 amide bonds. The number of aliphatic carboxylic acids is 1. The van der Waals surface area contributed by atoms with Crippen LogP contribution in [0.2, 0.25) is 0 Å². The Morgan fingerprint density at radius 2 is 1.67 bits per heavy atom. The van der Waals surface area contributed by atoms with Crippen molar-refractivity contribution < 1.29 is 19.4 Å². The molecule has 0 heterocycles. The Hall–Kier alpha value is -1.30. The molecule has 0 fully saturated rings. The van der Waals surface area contributed by atoms with Crippen LogP contribution in [-0.2, 0) is 9.53 Å². The van der Waals surface area contributed by atoms with E-state index in [9.17, 15) is 9.59 Å². The predicted molar refractivity (Wildman–Crippen MR) is 68.4 cm³/mol. The van der Waals surface area contributed by atoms with E-state index in [1.54, 1.807) is 21.0 Å². The Morgan fingerprint density at radius 1 is 1.11 bits per heavy atom. The van der Waals surface area contributed by atoms with Crippen molar-refractivity contribution in [3.63, 3.8) is 0 Å². The van der Waals surface area contributed by atoms with Crippen LogP contribution in [0.15, 0.2) is 0 Å². The van der Waals surface area contributed by atoms with Gasteiger partial charge in [0, 0.05) is 7.11 Å². The van der Waals surface area contributed by atoms with Gasteiger partial charge in [0.15, 0.2) is 0 Å². The molecule has 0 radical (unpaired) electrons. The number of carboxylic acid groups (broad SMARTS) is 1. The highest BCUT2D eigenvalue weighted by Gasteiger charge is 2.25. The lowest BCUT2D eigenvalue weighted by atomic mass is 10.0. The summed E-state index contributed by atoms with van der Waals surface area (Å²) in [6, 6.07) is -1.51. The molecule has 0 spiro atoms. The molecule has 2 atom stereocenters. The van der Waals surface area contributed by atoms with E-state index in [4.69, 9.17) is 9.84 Å². The van der Waals surface area contributed by atoms with Crippen molar-refractivity contribution in [3.8, 4) is 0 Å². The minimum Gasteiger partial charge on any atom is -0.480 e. The number of hydrogen-bond donors (Lipinski definition) is 3. The highest BCUT2D eigenvalue weighted by Crippen LogP contribution is 2.04. The summed E-state index contributed by atoms with van der Waals surface area (Å²) in [7, 11) is 1.56. The minimum absolute atomic E-state index is 0.142. The van der Waals surface area contributed by atoms with Crippen LogP contribution < -0.4 is 10.6 Å². The van der Waals surface area contributed by atoms with Gasteiger partial charge in [0.05, 0.1) is 12.6 Å². The summed E-state index contributed by atoms with van der Waals surface area (Å²) in [6.45, 7) is 7.80. The number of nitrogens with one attached hydrogen (secondary N) is 2. The second-order valence-electron chi connectivity index (χ2n) is 4.98. The summed E-state index contributed by atoms with van der Waals surface area (Å²) in [6.07, 6.45) is 0. The normalized spacial score (nSPS) is 14.4. The summed E-state index contributed by atoms with van der Waals surface area (Å²) in [5.41, 5.74) is 0. The number of hydrogen-bond acceptors (Lipinski definition) is 3. The zero-order chi connectivity index (χ0) is 14.3. The molecule has 0 aromatic heterocycles. The van der Waals surface area contributed by atoms with Gasteiger partial charge in [-0.2, -0.15) is 0 Å². The molecule has 0 aliphatic heterocycles. The number of carbonyl (C=O) groups excluding carboxylic acids is 1. The number of amides is 2. The first-order valence-corrected chi connectivity index (χ1v) is 6.08. The number of carboxylic acids is 1. The summed E-state index contributed by atoms with van der Waals surface area (Å²) in [5.74, 6) is -1.00. The van der Waals surface area contributed by atoms with E-state index in [1.807, 2.05) is 13.8 Å². The lowest BCUT2D eigenvalue weighted by molar-refractivity contribution is -0.140. The Balaban J connectivity index is 4.42. The van der Waals surface area contributed by atoms with Crippen LogP contribution in [0, 0.1) is 11.8 Å². The van der Waals surface area contributed by atoms with Crippen LogP contribution in [0.3, 0.4) is 0 Å². The van der Waals surface area contributed by atoms with Crippen molar-refractivity contribution in [2.75, 3.05) is 13.7 Å². The molecule has 3 N–H and O–H groups in total. The Labute approximate surface area is 108 Å². The van der Waals surface area contributed by atoms with Crippen LogP contribution in [0.4, 0.5) is 4.79 Å². The first-order chi connectivity index (χ1) is 8.29. The Bertz CT molecular complexity index is 279. The molecular weight excluding hydrogens is 236 g/mol. The summed E-state index contributed by atoms with van der Waals surface area (Å²) < 4.78 is 5.01. The van der Waals surface area contributed by atoms with E-state index >= 15 is 0 Å². The largest absolute Gasteiger partial charge is 0.480 e. The van der Waals surface area contributed by atoms with E-state index in [2.05, 4.69) is 10.6 Å². The quantitative estimate of drug-likeness (QED) is 0.639. The van der Waals surface area contributed by atoms with Gasteiger partial charge in [-0.15, -0.1) is 0 Å². The smallest absolute Gasteiger partial charge is 0.326 e. The first-order valence-electron chi connectivity index (χ1n) is 6.08. The van der Waals surface area contributed by atoms with Crippen molar-refractivity contribution in [2.24, 2.45) is 11.8 Å². The van der Waals surface area contributed by atoms with E-state index < -0.39 is 18.0 Å². The van der Waals surface area contributed by atoms with E-state index in [-0.39, 0.29) is 17.9 Å². The molecule has 18 heavy (non-hydrogen) atoms. The minimum atomic E-state index is -1.03. The monoisotopic (exact) mass is 260 g/mol. The third kappa shape index (κ3) is 5.86. The fourth-order valence-electron chi connectivity index (χ4n) is 1.45. The van der Waals surface area contributed by atoms with Crippen LogP contribution in [0.5, 0.6) is 0 Å². The summed E-state index contributed by atoms with van der Waals surface area (Å²) in [4.78, 5) is 22.7. The molecule has 0 saturated carbocycles. The maximum Gasteiger partial charge on any atom is 0.326 e. The number of carbonyl (C=O) groups is 2. The van der Waals surface area contributed by atoms with E-state index in [0.29, 0.717) is 6.61 Å². The molecule has 0 bridgehead atoms. The Morgan fingerprint density at radius 3 is 2.00 bits per heavy atom. The highest BCUT2D eigenvalue weighted by atomic mass is 16.5. The number of rotatable bonds is 7. The fourth-order valence-corrected chi connectivity index (χ4v) is 1.45. The van der Waals surface area contributed by atoms with Crippen molar-refractivity contribution in [2.45, 2.75) is 39.8 Å². The topological polar surface area (TPSA) is 87.7 Å². The lowest BCUT2D eigenvalue weighted by Gasteiger charge is -2.24. The van der Waals surface area contributed by atoms with Gasteiger partial charge in [0.2, 0.25) is 0 Å². The van der Waals surface area contributed by atoms with Gasteiger partial charge in [-0.25, -0.2) is 9.59 Å². The number of methoxy groups -OCH3 is 1. The highest BCUT2D eigenvalue weighted by molar-refractivity contribution is 5.82. The molecule has 0 rings (SSSR count). The van der Waals surface area contributed by atoms with Crippen LogP contribution >= 0.6 is 0 Å². The third-order valence-corrected chi connectivity index (χ3v) is 2.69. The summed E-state index contributed by atoms with van der Waals surface area (Å²) in [5, 5.41) is 14.1. The van der Waals surface area contributed by atoms with Gasteiger partial charge < -0.3 is 20.5 Å². The van der Waals surface area contributed by atoms with E-state index in [0.717, 1.165) is 0 Å². The summed E-state index contributed by atoms with van der Waals surface area (Å²) >= 11 is 0. The van der Waals surface area contributed by atoms with Gasteiger partial charge in [-0.1, -0.05) is 27.7 Å². The zero-order valence-corrected chi connectivity index (χ0v) is 11.7. The molecule has 0 aliphatic rings. The molecule has 0 aromatic carbocycles. The van der Waals surface area contributed by atoms with Crippen molar-refractivity contribution >= 4 is 12.0 Å². The predicted octanol–water partition coefficient (Wildman–Crippen LogP) is 1.07. The van der Waals surface area contributed by atoms with Gasteiger partial charge in [0.1, 0.15) is 6.04 Å². The molecule has 0 aromatic rings. The zero-order valence-electron chi connectivity index (χ0n) is 11.7. The number of urea groups is 1. The molecule has 0 aliphatic carbocycles. The molecule has 6 nitrogen and oxygen atoms in total. The lowest BCUT2D eigenvalue weighted by Crippen LogP contribution is -2.53. The van der Waals surface area contributed by atoms with Gasteiger partial charge in [-0.3, -0.25) is 0 Å². The van der Waals surface area contributed by atoms with Crippen molar-refractivity contribution in [3.05, 3.63) is 0 Å². The average Bonchev–Trinajstić information content (AvgIpc) is 2.24. The molecule has 0 saturated heterocycles. The SMILES string of the molecule is COCC(NC(=O)N[C@H](C(=O)O)C(C)C)C(C)C. The van der Waals surface area contributed by atoms with Gasteiger partial charge >= 0.3 is 12.0 Å². The maximum absolute atomic E-state index is 11.7. The average molecular weight is 260 g/mol. The molecule has 106 valence electrons. The fraction of sp³-hybridized carbons (Fsp3) is 0.833. The second-order valence-corrected chi connectivity index (χ2v) is 4.98. The van der Waals surface area contributed by atoms with Gasteiger partial charge in [-0.05, 0) is 11.8 Å². The van der Waals surface area contributed by atoms with E-state index in [1.165, 1.54) is 0 Å².